The number of rotatable bonds is 10. The number of ether oxygens (including phenoxy) is 1. The lowest BCUT2D eigenvalue weighted by Crippen LogP contribution is -2.33. The first kappa shape index (κ1) is 30.6. The van der Waals surface area contributed by atoms with Gasteiger partial charge in [-0.25, -0.2) is 9.59 Å². The molecule has 1 unspecified atom stereocenters. The van der Waals surface area contributed by atoms with Crippen molar-refractivity contribution < 1.29 is 19.1 Å². The maximum Gasteiger partial charge on any atom is 0.412 e. The summed E-state index contributed by atoms with van der Waals surface area (Å²) in [7, 11) is 4.01. The highest BCUT2D eigenvalue weighted by molar-refractivity contribution is 7.14. The zero-order valence-corrected chi connectivity index (χ0v) is 24.6. The van der Waals surface area contributed by atoms with Crippen molar-refractivity contribution in [3.05, 3.63) is 70.9 Å². The van der Waals surface area contributed by atoms with Crippen molar-refractivity contribution in [1.82, 2.24) is 15.2 Å². The van der Waals surface area contributed by atoms with Crippen LogP contribution < -0.4 is 21.3 Å². The summed E-state index contributed by atoms with van der Waals surface area (Å²) in [6, 6.07) is 11.6. The Bertz CT molecular complexity index is 1300. The molecule has 40 heavy (non-hydrogen) atoms. The van der Waals surface area contributed by atoms with Crippen LogP contribution in [0.25, 0.3) is 0 Å². The second-order valence-corrected chi connectivity index (χ2v) is 11.5. The van der Waals surface area contributed by atoms with Crippen molar-refractivity contribution in [1.29, 1.82) is 0 Å². The fourth-order valence-electron chi connectivity index (χ4n) is 3.78. The van der Waals surface area contributed by atoms with Crippen molar-refractivity contribution in [2.75, 3.05) is 36.6 Å². The van der Waals surface area contributed by atoms with Gasteiger partial charge in [0.2, 0.25) is 0 Å². The van der Waals surface area contributed by atoms with E-state index in [4.69, 9.17) is 4.74 Å². The number of nitrogens with zero attached hydrogens (tertiary/aromatic N) is 2. The summed E-state index contributed by atoms with van der Waals surface area (Å²) in [6.07, 6.45) is 2.55. The van der Waals surface area contributed by atoms with Gasteiger partial charge in [-0.2, -0.15) is 0 Å². The minimum absolute atomic E-state index is 0.196. The molecule has 4 N–H and O–H groups in total. The molecule has 1 aromatic carbocycles. The lowest BCUT2D eigenvalue weighted by Gasteiger charge is -2.21. The topological polar surface area (TPSA) is 125 Å². The van der Waals surface area contributed by atoms with Gasteiger partial charge in [-0.1, -0.05) is 18.2 Å². The second-order valence-electron chi connectivity index (χ2n) is 10.6. The number of pyridine rings is 1. The van der Waals surface area contributed by atoms with Crippen LogP contribution in [0.1, 0.15) is 61.3 Å². The highest BCUT2D eigenvalue weighted by atomic mass is 32.1. The number of urea groups is 1. The van der Waals surface area contributed by atoms with E-state index in [1.807, 2.05) is 32.5 Å². The molecule has 3 rings (SSSR count). The summed E-state index contributed by atoms with van der Waals surface area (Å²) in [5.41, 5.74) is 2.15. The van der Waals surface area contributed by atoms with Crippen LogP contribution in [0.4, 0.5) is 26.0 Å². The normalized spacial score (nSPS) is 12.0. The zero-order chi connectivity index (χ0) is 29.3. The summed E-state index contributed by atoms with van der Waals surface area (Å²) in [6.45, 7) is 8.13. The van der Waals surface area contributed by atoms with Crippen LogP contribution in [0.2, 0.25) is 0 Å². The van der Waals surface area contributed by atoms with Crippen LogP contribution in [-0.2, 0) is 4.74 Å². The van der Waals surface area contributed by atoms with Gasteiger partial charge in [-0.05, 0) is 102 Å². The molecule has 0 saturated carbocycles. The lowest BCUT2D eigenvalue weighted by atomic mass is 10.0. The van der Waals surface area contributed by atoms with E-state index >= 15 is 0 Å². The van der Waals surface area contributed by atoms with Crippen molar-refractivity contribution >= 4 is 45.7 Å². The standard InChI is InChI=1S/C29H38N6O4S/c1-19-15-17-40-26(19)34-27(37)32-21(12-9-16-35(5)6)20-13-14-24(30-18-20)25(36)31-22-10-7-8-11-23(22)33-28(38)39-29(2,3)4/h7-8,10-11,13-15,17-18,21H,9,12,16H2,1-6H3,(H,31,36)(H,33,38)(H2,32,34,37). The van der Waals surface area contributed by atoms with Gasteiger partial charge in [0.15, 0.2) is 0 Å². The van der Waals surface area contributed by atoms with Crippen LogP contribution >= 0.6 is 11.3 Å². The Balaban J connectivity index is 1.70. The summed E-state index contributed by atoms with van der Waals surface area (Å²) in [5.74, 6) is -0.437. The molecule has 214 valence electrons. The summed E-state index contributed by atoms with van der Waals surface area (Å²) >= 11 is 1.47. The Morgan fingerprint density at radius 1 is 1.00 bits per heavy atom. The molecule has 0 spiro atoms. The van der Waals surface area contributed by atoms with E-state index < -0.39 is 17.6 Å². The SMILES string of the molecule is Cc1ccsc1NC(=O)NC(CCCN(C)C)c1ccc(C(=O)Nc2ccccc2NC(=O)OC(C)(C)C)nc1. The predicted octanol–water partition coefficient (Wildman–Crippen LogP) is 6.26. The fraction of sp³-hybridized carbons (Fsp3) is 0.379. The van der Waals surface area contributed by atoms with Gasteiger partial charge < -0.3 is 20.3 Å². The summed E-state index contributed by atoms with van der Waals surface area (Å²) in [4.78, 5) is 44.4. The number of aromatic nitrogens is 1. The van der Waals surface area contributed by atoms with E-state index in [-0.39, 0.29) is 17.8 Å². The second kappa shape index (κ2) is 13.9. The summed E-state index contributed by atoms with van der Waals surface area (Å²) in [5, 5.41) is 14.2. The first-order valence-corrected chi connectivity index (χ1v) is 13.9. The Labute approximate surface area is 239 Å². The number of carbonyl (C=O) groups is 3. The first-order valence-electron chi connectivity index (χ1n) is 13.0. The number of hydrogen-bond donors (Lipinski definition) is 4. The molecule has 2 heterocycles. The molecule has 0 bridgehead atoms. The Kier molecular flexibility index (Phi) is 10.6. The largest absolute Gasteiger partial charge is 0.444 e. The van der Waals surface area contributed by atoms with Crippen LogP contribution in [0.15, 0.2) is 54.0 Å². The quantitative estimate of drug-likeness (QED) is 0.230. The molecular weight excluding hydrogens is 528 g/mol. The van der Waals surface area contributed by atoms with Crippen molar-refractivity contribution in [2.24, 2.45) is 0 Å². The lowest BCUT2D eigenvalue weighted by molar-refractivity contribution is 0.0635. The van der Waals surface area contributed by atoms with E-state index in [0.29, 0.717) is 17.8 Å². The number of hydrogen-bond acceptors (Lipinski definition) is 7. The predicted molar refractivity (Wildman–Crippen MR) is 160 cm³/mol. The van der Waals surface area contributed by atoms with E-state index in [1.54, 1.807) is 63.4 Å². The number of nitrogens with one attached hydrogen (secondary N) is 4. The number of aryl methyl sites for hydroxylation is 1. The van der Waals surface area contributed by atoms with E-state index in [1.165, 1.54) is 11.3 Å². The van der Waals surface area contributed by atoms with Gasteiger partial charge >= 0.3 is 12.1 Å². The minimum atomic E-state index is -0.656. The van der Waals surface area contributed by atoms with Gasteiger partial charge in [0.05, 0.1) is 22.4 Å². The zero-order valence-electron chi connectivity index (χ0n) is 23.8. The third-order valence-electron chi connectivity index (χ3n) is 5.72. The van der Waals surface area contributed by atoms with Crippen LogP contribution in [-0.4, -0.2) is 54.2 Å². The molecular formula is C29H38N6O4S. The molecule has 11 heteroatoms. The molecule has 4 amide bonds. The van der Waals surface area contributed by atoms with Gasteiger partial charge in [-0.3, -0.25) is 20.4 Å². The Morgan fingerprint density at radius 3 is 2.27 bits per heavy atom. The molecule has 0 aliphatic carbocycles. The van der Waals surface area contributed by atoms with E-state index in [2.05, 4.69) is 31.2 Å². The highest BCUT2D eigenvalue weighted by Crippen LogP contribution is 2.25. The van der Waals surface area contributed by atoms with Crippen LogP contribution in [0.3, 0.4) is 0 Å². The van der Waals surface area contributed by atoms with Gasteiger partial charge in [-0.15, -0.1) is 11.3 Å². The van der Waals surface area contributed by atoms with Crippen molar-refractivity contribution in [2.45, 2.75) is 52.2 Å². The Hall–Kier alpha value is -3.96. The number of carbonyl (C=O) groups excluding carboxylic acids is 3. The molecule has 3 aromatic rings. The fourth-order valence-corrected chi connectivity index (χ4v) is 4.59. The van der Waals surface area contributed by atoms with Gasteiger partial charge in [0.25, 0.3) is 5.91 Å². The first-order chi connectivity index (χ1) is 18.9. The maximum atomic E-state index is 13.0. The van der Waals surface area contributed by atoms with Gasteiger partial charge in [0.1, 0.15) is 11.3 Å². The highest BCUT2D eigenvalue weighted by Gasteiger charge is 2.20. The van der Waals surface area contributed by atoms with E-state index in [0.717, 1.165) is 29.1 Å². The summed E-state index contributed by atoms with van der Waals surface area (Å²) < 4.78 is 5.31. The molecule has 10 nitrogen and oxygen atoms in total. The Morgan fingerprint density at radius 2 is 1.70 bits per heavy atom. The molecule has 2 aromatic heterocycles. The minimum Gasteiger partial charge on any atom is -0.444 e. The van der Waals surface area contributed by atoms with Crippen molar-refractivity contribution in [3.63, 3.8) is 0 Å². The molecule has 0 radical (unpaired) electrons. The molecule has 0 aliphatic heterocycles. The molecule has 1 atom stereocenters. The number of benzene rings is 1. The monoisotopic (exact) mass is 566 g/mol. The van der Waals surface area contributed by atoms with Crippen molar-refractivity contribution in [3.8, 4) is 0 Å². The number of amides is 4. The average molecular weight is 567 g/mol. The maximum absolute atomic E-state index is 13.0. The molecule has 0 fully saturated rings. The number of thiophene rings is 1. The van der Waals surface area contributed by atoms with Crippen LogP contribution in [0, 0.1) is 6.92 Å². The average Bonchev–Trinajstić information content (AvgIpc) is 3.27. The molecule has 0 saturated heterocycles. The van der Waals surface area contributed by atoms with E-state index in [9.17, 15) is 14.4 Å². The number of anilines is 3. The number of para-hydroxylation sites is 2. The third kappa shape index (κ3) is 9.65. The van der Waals surface area contributed by atoms with Gasteiger partial charge in [0, 0.05) is 6.20 Å². The van der Waals surface area contributed by atoms with Crippen LogP contribution in [0.5, 0.6) is 0 Å². The molecule has 0 aliphatic rings. The smallest absolute Gasteiger partial charge is 0.412 e. The third-order valence-corrected chi connectivity index (χ3v) is 6.66.